The van der Waals surface area contributed by atoms with Crippen LogP contribution in [-0.4, -0.2) is 33.1 Å². The number of hydrogen-bond acceptors (Lipinski definition) is 6. The van der Waals surface area contributed by atoms with Crippen LogP contribution in [0.2, 0.25) is 0 Å². The van der Waals surface area contributed by atoms with E-state index in [0.29, 0.717) is 35.0 Å². The molecule has 0 aliphatic carbocycles. The third kappa shape index (κ3) is 4.50. The van der Waals surface area contributed by atoms with Crippen LogP contribution < -0.4 is 15.6 Å². The number of fused-ring (bicyclic) bond motifs is 1. The molecule has 1 aromatic carbocycles. The van der Waals surface area contributed by atoms with Crippen molar-refractivity contribution in [1.82, 2.24) is 9.55 Å². The van der Waals surface area contributed by atoms with Gasteiger partial charge in [-0.15, -0.1) is 11.8 Å². The Morgan fingerprint density at radius 1 is 1.41 bits per heavy atom. The van der Waals surface area contributed by atoms with E-state index in [2.05, 4.69) is 17.2 Å². The van der Waals surface area contributed by atoms with Crippen LogP contribution in [0.3, 0.4) is 0 Å². The van der Waals surface area contributed by atoms with Gasteiger partial charge in [0.2, 0.25) is 5.91 Å². The van der Waals surface area contributed by atoms with Crippen LogP contribution in [0.25, 0.3) is 0 Å². The lowest BCUT2D eigenvalue weighted by Crippen LogP contribution is -2.25. The van der Waals surface area contributed by atoms with Crippen LogP contribution in [-0.2, 0) is 17.8 Å². The van der Waals surface area contributed by atoms with Crippen molar-refractivity contribution in [2.75, 3.05) is 17.7 Å². The molecule has 0 saturated heterocycles. The molecule has 1 unspecified atom stereocenters. The van der Waals surface area contributed by atoms with E-state index in [0.717, 1.165) is 17.0 Å². The first kappa shape index (κ1) is 19.8. The second-order valence-electron chi connectivity index (χ2n) is 6.12. The number of carbonyl (C=O) groups excluding carboxylic acids is 1. The van der Waals surface area contributed by atoms with E-state index in [1.165, 1.54) is 11.8 Å². The normalized spacial score (nSPS) is 15.4. The Bertz CT molecular complexity index is 898. The van der Waals surface area contributed by atoms with Crippen LogP contribution in [0, 0.1) is 0 Å². The van der Waals surface area contributed by atoms with Crippen LogP contribution >= 0.6 is 23.5 Å². The fraction of sp³-hybridized carbons (Fsp3) is 0.421. The summed E-state index contributed by atoms with van der Waals surface area (Å²) < 4.78 is 7.18. The Hall–Kier alpha value is -1.93. The first-order valence-corrected chi connectivity index (χ1v) is 10.8. The molecule has 2 heterocycles. The van der Waals surface area contributed by atoms with Gasteiger partial charge in [-0.1, -0.05) is 30.8 Å². The van der Waals surface area contributed by atoms with E-state index in [-0.39, 0.29) is 17.2 Å². The van der Waals surface area contributed by atoms with Gasteiger partial charge in [0, 0.05) is 18.2 Å². The van der Waals surface area contributed by atoms with E-state index in [4.69, 9.17) is 4.74 Å². The molecule has 0 bridgehead atoms. The predicted octanol–water partition coefficient (Wildman–Crippen LogP) is 3.43. The Morgan fingerprint density at radius 2 is 2.19 bits per heavy atom. The lowest BCUT2D eigenvalue weighted by Gasteiger charge is -2.13. The van der Waals surface area contributed by atoms with E-state index < -0.39 is 0 Å². The van der Waals surface area contributed by atoms with Crippen molar-refractivity contribution in [3.8, 4) is 5.75 Å². The zero-order valence-corrected chi connectivity index (χ0v) is 17.3. The van der Waals surface area contributed by atoms with Crippen LogP contribution in [0.1, 0.15) is 26.5 Å². The molecule has 6 nitrogen and oxygen atoms in total. The highest BCUT2D eigenvalue weighted by Gasteiger charge is 2.26. The van der Waals surface area contributed by atoms with E-state index in [1.807, 2.05) is 38.1 Å². The maximum absolute atomic E-state index is 12.7. The molecule has 1 aromatic heterocycles. The summed E-state index contributed by atoms with van der Waals surface area (Å²) in [5, 5.41) is 3.84. The molecule has 3 rings (SSSR count). The smallest absolute Gasteiger partial charge is 0.268 e. The fourth-order valence-electron chi connectivity index (χ4n) is 2.89. The SMILES string of the molecule is CCOc1ccccc1NC(=O)CSc1nc2c(c(=O)n1CC)SC(C)C2. The van der Waals surface area contributed by atoms with Crippen molar-refractivity contribution in [1.29, 1.82) is 0 Å². The number of hydrogen-bond donors (Lipinski definition) is 1. The van der Waals surface area contributed by atoms with Gasteiger partial charge in [0.25, 0.3) is 5.56 Å². The molecule has 1 amide bonds. The first-order chi connectivity index (χ1) is 13.0. The van der Waals surface area contributed by atoms with Gasteiger partial charge in [0.15, 0.2) is 5.16 Å². The van der Waals surface area contributed by atoms with Gasteiger partial charge >= 0.3 is 0 Å². The summed E-state index contributed by atoms with van der Waals surface area (Å²) in [4.78, 5) is 30.5. The van der Waals surface area contributed by atoms with Crippen molar-refractivity contribution < 1.29 is 9.53 Å². The summed E-state index contributed by atoms with van der Waals surface area (Å²) in [6.45, 7) is 6.97. The minimum Gasteiger partial charge on any atom is -0.492 e. The number of nitrogens with zero attached hydrogens (tertiary/aromatic N) is 2. The summed E-state index contributed by atoms with van der Waals surface area (Å²) in [5.41, 5.74) is 1.50. The van der Waals surface area contributed by atoms with Gasteiger partial charge < -0.3 is 10.1 Å². The van der Waals surface area contributed by atoms with Crippen molar-refractivity contribution in [2.45, 2.75) is 49.0 Å². The Balaban J connectivity index is 1.72. The highest BCUT2D eigenvalue weighted by Crippen LogP contribution is 2.34. The van der Waals surface area contributed by atoms with Gasteiger partial charge in [-0.3, -0.25) is 14.2 Å². The summed E-state index contributed by atoms with van der Waals surface area (Å²) in [6.07, 6.45) is 0.793. The summed E-state index contributed by atoms with van der Waals surface area (Å²) in [7, 11) is 0. The summed E-state index contributed by atoms with van der Waals surface area (Å²) >= 11 is 2.88. The summed E-state index contributed by atoms with van der Waals surface area (Å²) in [5.74, 6) is 0.659. The number of para-hydroxylation sites is 2. The topological polar surface area (TPSA) is 73.2 Å². The Kier molecular flexibility index (Phi) is 6.49. The zero-order chi connectivity index (χ0) is 19.4. The highest BCUT2D eigenvalue weighted by molar-refractivity contribution is 8.00. The fourth-order valence-corrected chi connectivity index (χ4v) is 4.88. The number of thioether (sulfide) groups is 2. The second-order valence-corrected chi connectivity index (χ2v) is 8.51. The lowest BCUT2D eigenvalue weighted by molar-refractivity contribution is -0.113. The molecule has 0 saturated carbocycles. The number of anilines is 1. The van der Waals surface area contributed by atoms with Gasteiger partial charge in [0.1, 0.15) is 5.75 Å². The largest absolute Gasteiger partial charge is 0.492 e. The molecule has 1 N–H and O–H groups in total. The maximum Gasteiger partial charge on any atom is 0.268 e. The van der Waals surface area contributed by atoms with E-state index >= 15 is 0 Å². The average molecular weight is 406 g/mol. The van der Waals surface area contributed by atoms with Gasteiger partial charge in [0.05, 0.1) is 28.6 Å². The van der Waals surface area contributed by atoms with E-state index in [9.17, 15) is 9.59 Å². The van der Waals surface area contributed by atoms with Crippen molar-refractivity contribution in [3.63, 3.8) is 0 Å². The molecular weight excluding hydrogens is 382 g/mol. The predicted molar refractivity (Wildman–Crippen MR) is 110 cm³/mol. The maximum atomic E-state index is 12.7. The van der Waals surface area contributed by atoms with Crippen LogP contribution in [0.15, 0.2) is 39.1 Å². The van der Waals surface area contributed by atoms with Crippen molar-refractivity contribution in [2.24, 2.45) is 0 Å². The molecule has 0 spiro atoms. The molecular formula is C19H23N3O3S2. The number of rotatable bonds is 7. The van der Waals surface area contributed by atoms with Crippen molar-refractivity contribution in [3.05, 3.63) is 40.3 Å². The molecule has 2 aromatic rings. The third-order valence-electron chi connectivity index (χ3n) is 4.07. The molecule has 1 aliphatic heterocycles. The minimum absolute atomic E-state index is 0.00134. The number of carbonyl (C=O) groups is 1. The second kappa shape index (κ2) is 8.84. The minimum atomic E-state index is -0.160. The number of benzene rings is 1. The quantitative estimate of drug-likeness (QED) is 0.562. The van der Waals surface area contributed by atoms with Crippen molar-refractivity contribution >= 4 is 35.1 Å². The molecule has 27 heavy (non-hydrogen) atoms. The number of nitrogens with one attached hydrogen (secondary N) is 1. The lowest BCUT2D eigenvalue weighted by atomic mass is 10.2. The number of aromatic nitrogens is 2. The number of amides is 1. The average Bonchev–Trinajstić information content (AvgIpc) is 3.02. The highest BCUT2D eigenvalue weighted by atomic mass is 32.2. The molecule has 0 radical (unpaired) electrons. The Labute approximate surface area is 167 Å². The van der Waals surface area contributed by atoms with E-state index in [1.54, 1.807) is 16.3 Å². The Morgan fingerprint density at radius 3 is 2.93 bits per heavy atom. The van der Waals surface area contributed by atoms with Gasteiger partial charge in [-0.2, -0.15) is 0 Å². The van der Waals surface area contributed by atoms with Gasteiger partial charge in [-0.05, 0) is 26.0 Å². The molecule has 1 aliphatic rings. The molecule has 1 atom stereocenters. The standard InChI is InChI=1S/C19H23N3O3S2/c1-4-22-18(24)17-14(10-12(3)27-17)21-19(22)26-11-16(23)20-13-8-6-7-9-15(13)25-5-2/h6-9,12H,4-5,10-11H2,1-3H3,(H,20,23). The first-order valence-electron chi connectivity index (χ1n) is 8.98. The number of ether oxygens (including phenoxy) is 1. The molecule has 0 fully saturated rings. The van der Waals surface area contributed by atoms with Crippen LogP contribution in [0.5, 0.6) is 5.75 Å². The summed E-state index contributed by atoms with van der Waals surface area (Å²) in [6, 6.07) is 7.34. The molecule has 8 heteroatoms. The third-order valence-corrected chi connectivity index (χ3v) is 6.26. The molecule has 144 valence electrons. The van der Waals surface area contributed by atoms with Crippen LogP contribution in [0.4, 0.5) is 5.69 Å². The zero-order valence-electron chi connectivity index (χ0n) is 15.7. The van der Waals surface area contributed by atoms with Gasteiger partial charge in [-0.25, -0.2) is 4.98 Å². The monoisotopic (exact) mass is 405 g/mol.